The van der Waals surface area contributed by atoms with Crippen molar-refractivity contribution in [2.75, 3.05) is 29.3 Å². The highest BCUT2D eigenvalue weighted by Gasteiger charge is 2.27. The van der Waals surface area contributed by atoms with Crippen molar-refractivity contribution in [3.8, 4) is 0 Å². The van der Waals surface area contributed by atoms with E-state index in [2.05, 4.69) is 25.2 Å². The van der Waals surface area contributed by atoms with Crippen molar-refractivity contribution in [1.82, 2.24) is 20.4 Å². The van der Waals surface area contributed by atoms with Gasteiger partial charge < -0.3 is 14.9 Å². The lowest BCUT2D eigenvalue weighted by Gasteiger charge is -2.14. The van der Waals surface area contributed by atoms with Crippen molar-refractivity contribution in [3.05, 3.63) is 89.5 Å². The first-order chi connectivity index (χ1) is 20.9. The normalized spacial score (nSPS) is 16.0. The highest BCUT2D eigenvalue weighted by Crippen LogP contribution is 2.36. The van der Waals surface area contributed by atoms with Crippen LogP contribution in [0.3, 0.4) is 0 Å². The first-order valence-corrected chi connectivity index (χ1v) is 16.6. The first-order valence-electron chi connectivity index (χ1n) is 15.1. The zero-order valence-corrected chi connectivity index (χ0v) is 25.0. The Bertz CT molecular complexity index is 1600. The Morgan fingerprint density at radius 1 is 1.07 bits per heavy atom. The molecular weight excluding hydrogens is 564 g/mol. The molecule has 0 bridgehead atoms. The van der Waals surface area contributed by atoms with E-state index in [0.29, 0.717) is 37.8 Å². The number of fused-ring (bicyclic) bond motifs is 1. The molecule has 11 heteroatoms. The van der Waals surface area contributed by atoms with E-state index in [1.54, 1.807) is 42.7 Å². The smallest absolute Gasteiger partial charge is 0.328 e. The van der Waals surface area contributed by atoms with Gasteiger partial charge in [-0.1, -0.05) is 49.0 Å². The van der Waals surface area contributed by atoms with Crippen LogP contribution in [0.1, 0.15) is 60.7 Å². The standard InChI is InChI=1S/C32H38N6O4S/c39-30(26-6-3-17-33-21-26)22-34-18-15-24-7-10-27(11-8-24)37-43(40,41)28-12-13-29-25(20-28)16-19-38(29)32-35-31(36-42-32)14-9-23-4-1-2-5-23/h3,6-8,10-13,17,20-21,23,30,34,37,39H,1-2,4-5,9,14-16,18-19,22H2. The summed E-state index contributed by atoms with van der Waals surface area (Å²) < 4.78 is 34.7. The molecule has 1 saturated carbocycles. The van der Waals surface area contributed by atoms with Crippen molar-refractivity contribution in [2.24, 2.45) is 5.92 Å². The maximum atomic E-state index is 13.2. The number of hydrogen-bond acceptors (Lipinski definition) is 9. The molecule has 43 heavy (non-hydrogen) atoms. The minimum Gasteiger partial charge on any atom is -0.387 e. The van der Waals surface area contributed by atoms with Crippen LogP contribution in [0.5, 0.6) is 0 Å². The SMILES string of the molecule is O=S(=O)(Nc1ccc(CCNCC(O)c2cccnc2)cc1)c1ccc2c(c1)CCN2c1nc(CCC2CCCC2)no1. The van der Waals surface area contributed by atoms with E-state index in [1.165, 1.54) is 25.7 Å². The average Bonchev–Trinajstić information content (AvgIpc) is 3.80. The van der Waals surface area contributed by atoms with Crippen LogP contribution in [0.4, 0.5) is 17.4 Å². The first kappa shape index (κ1) is 29.3. The fourth-order valence-electron chi connectivity index (χ4n) is 5.95. The lowest BCUT2D eigenvalue weighted by atomic mass is 10.0. The number of aliphatic hydroxyl groups excluding tert-OH is 1. The third kappa shape index (κ3) is 7.23. The Hall–Kier alpha value is -3.80. The summed E-state index contributed by atoms with van der Waals surface area (Å²) in [6.45, 7) is 1.77. The summed E-state index contributed by atoms with van der Waals surface area (Å²) in [5.74, 6) is 1.51. The molecule has 6 rings (SSSR count). The van der Waals surface area contributed by atoms with Crippen LogP contribution in [-0.2, 0) is 29.3 Å². The maximum absolute atomic E-state index is 13.2. The number of anilines is 3. The van der Waals surface area contributed by atoms with Gasteiger partial charge in [0.25, 0.3) is 10.0 Å². The van der Waals surface area contributed by atoms with Crippen LogP contribution >= 0.6 is 0 Å². The molecule has 0 spiro atoms. The summed E-state index contributed by atoms with van der Waals surface area (Å²) >= 11 is 0. The van der Waals surface area contributed by atoms with Gasteiger partial charge in [-0.25, -0.2) is 8.42 Å². The number of aryl methyl sites for hydroxylation is 1. The van der Waals surface area contributed by atoms with Crippen molar-refractivity contribution in [3.63, 3.8) is 0 Å². The molecule has 0 radical (unpaired) electrons. The maximum Gasteiger partial charge on any atom is 0.328 e. The number of nitrogens with one attached hydrogen (secondary N) is 2. The van der Waals surface area contributed by atoms with Gasteiger partial charge in [-0.2, -0.15) is 4.98 Å². The molecule has 3 N–H and O–H groups in total. The molecular formula is C32H38N6O4S. The minimum absolute atomic E-state index is 0.219. The highest BCUT2D eigenvalue weighted by molar-refractivity contribution is 7.92. The van der Waals surface area contributed by atoms with Crippen molar-refractivity contribution in [1.29, 1.82) is 0 Å². The van der Waals surface area contributed by atoms with E-state index in [4.69, 9.17) is 4.52 Å². The molecule has 0 amide bonds. The van der Waals surface area contributed by atoms with Crippen molar-refractivity contribution >= 4 is 27.4 Å². The van der Waals surface area contributed by atoms with E-state index in [1.807, 2.05) is 29.2 Å². The number of aliphatic hydroxyl groups is 1. The van der Waals surface area contributed by atoms with E-state index < -0.39 is 16.1 Å². The highest BCUT2D eigenvalue weighted by atomic mass is 32.2. The minimum atomic E-state index is -3.76. The molecule has 1 unspecified atom stereocenters. The largest absolute Gasteiger partial charge is 0.387 e. The molecule has 2 aromatic carbocycles. The van der Waals surface area contributed by atoms with Gasteiger partial charge in [0.1, 0.15) is 0 Å². The number of benzene rings is 2. The lowest BCUT2D eigenvalue weighted by Crippen LogP contribution is -2.23. The number of sulfonamides is 1. The van der Waals surface area contributed by atoms with E-state index in [9.17, 15) is 13.5 Å². The second-order valence-corrected chi connectivity index (χ2v) is 13.1. The summed E-state index contributed by atoms with van der Waals surface area (Å²) in [5, 5.41) is 17.7. The van der Waals surface area contributed by atoms with Crippen molar-refractivity contribution < 1.29 is 18.0 Å². The van der Waals surface area contributed by atoms with Crippen LogP contribution < -0.4 is 14.9 Å². The predicted molar refractivity (Wildman–Crippen MR) is 165 cm³/mol. The predicted octanol–water partition coefficient (Wildman–Crippen LogP) is 4.95. The Kier molecular flexibility index (Phi) is 9.01. The third-order valence-electron chi connectivity index (χ3n) is 8.40. The molecule has 2 aliphatic rings. The summed E-state index contributed by atoms with van der Waals surface area (Å²) in [7, 11) is -3.76. The van der Waals surface area contributed by atoms with Crippen LogP contribution in [0.2, 0.25) is 0 Å². The Morgan fingerprint density at radius 3 is 2.70 bits per heavy atom. The molecule has 3 heterocycles. The summed E-state index contributed by atoms with van der Waals surface area (Å²) in [5.41, 5.74) is 4.17. The zero-order chi connectivity index (χ0) is 29.6. The van der Waals surface area contributed by atoms with Gasteiger partial charge in [-0.15, -0.1) is 0 Å². The number of pyridine rings is 1. The Balaban J connectivity index is 1.01. The summed E-state index contributed by atoms with van der Waals surface area (Å²) in [6, 6.07) is 16.6. The van der Waals surface area contributed by atoms with Crippen LogP contribution in [-0.4, -0.2) is 48.3 Å². The van der Waals surface area contributed by atoms with Gasteiger partial charge in [0.2, 0.25) is 0 Å². The average molecular weight is 603 g/mol. The molecule has 0 saturated heterocycles. The quantitative estimate of drug-likeness (QED) is 0.182. The van der Waals surface area contributed by atoms with Gasteiger partial charge in [-0.05, 0) is 79.3 Å². The second-order valence-electron chi connectivity index (χ2n) is 11.4. The van der Waals surface area contributed by atoms with E-state index in [0.717, 1.165) is 53.4 Å². The van der Waals surface area contributed by atoms with E-state index >= 15 is 0 Å². The molecule has 10 nitrogen and oxygen atoms in total. The topological polar surface area (TPSA) is 133 Å². The zero-order valence-electron chi connectivity index (χ0n) is 24.2. The molecule has 226 valence electrons. The molecule has 2 aromatic heterocycles. The number of rotatable bonds is 13. The van der Waals surface area contributed by atoms with Crippen LogP contribution in [0.25, 0.3) is 0 Å². The van der Waals surface area contributed by atoms with Crippen molar-refractivity contribution in [2.45, 2.75) is 62.4 Å². The summed E-state index contributed by atoms with van der Waals surface area (Å²) in [6.07, 6.45) is 11.3. The molecule has 1 aliphatic carbocycles. The summed E-state index contributed by atoms with van der Waals surface area (Å²) in [4.78, 5) is 10.9. The fraction of sp³-hybridized carbons (Fsp3) is 0.406. The number of nitrogens with zero attached hydrogens (tertiary/aromatic N) is 4. The van der Waals surface area contributed by atoms with Crippen LogP contribution in [0, 0.1) is 5.92 Å². The Morgan fingerprint density at radius 2 is 1.91 bits per heavy atom. The monoisotopic (exact) mass is 602 g/mol. The van der Waals surface area contributed by atoms with E-state index in [-0.39, 0.29) is 4.90 Å². The fourth-order valence-corrected chi connectivity index (χ4v) is 7.06. The van der Waals surface area contributed by atoms with Gasteiger partial charge in [0, 0.05) is 48.8 Å². The van der Waals surface area contributed by atoms with Crippen LogP contribution in [0.15, 0.2) is 76.4 Å². The second kappa shape index (κ2) is 13.2. The molecule has 4 aromatic rings. The number of hydrogen-bond donors (Lipinski definition) is 3. The van der Waals surface area contributed by atoms with Gasteiger partial charge in [0.05, 0.1) is 11.0 Å². The molecule has 1 fully saturated rings. The lowest BCUT2D eigenvalue weighted by molar-refractivity contribution is 0.174. The number of aromatic nitrogens is 3. The molecule has 1 aliphatic heterocycles. The van der Waals surface area contributed by atoms with Gasteiger partial charge in [0.15, 0.2) is 5.82 Å². The van der Waals surface area contributed by atoms with Gasteiger partial charge in [-0.3, -0.25) is 14.6 Å². The third-order valence-corrected chi connectivity index (χ3v) is 9.78. The van der Waals surface area contributed by atoms with Gasteiger partial charge >= 0.3 is 6.01 Å². The molecule has 1 atom stereocenters. The Labute approximate surface area is 252 Å².